The fourth-order valence-electron chi connectivity index (χ4n) is 3.41. The van der Waals surface area contributed by atoms with Crippen molar-refractivity contribution in [1.29, 1.82) is 0 Å². The monoisotopic (exact) mass is 415 g/mol. The molecule has 4 rings (SSSR count). The van der Waals surface area contributed by atoms with Gasteiger partial charge in [0.2, 0.25) is 0 Å². The van der Waals surface area contributed by atoms with Crippen molar-refractivity contribution in [3.05, 3.63) is 77.4 Å². The molecule has 0 radical (unpaired) electrons. The first kappa shape index (κ1) is 21.4. The van der Waals surface area contributed by atoms with Gasteiger partial charge in [-0.15, -0.1) is 0 Å². The number of ether oxygens (including phenoxy) is 3. The molecule has 0 aromatic heterocycles. The zero-order valence-electron chi connectivity index (χ0n) is 16.5. The molecule has 1 aliphatic rings. The molecular weight excluding hydrogens is 392 g/mol. The number of nitrogens with two attached hydrogens (primary N) is 1. The average molecular weight is 415 g/mol. The standard InChI is InChI=1S/C23H21F2NO3.H2O/c1-2-27-16-5-10-23(20(26)13-16)28-17-6-9-21-14(11-17)3-8-22(29-21)18-12-15(24)4-7-19(18)25;/h4-7,9-13,22H,2-3,8,26H2,1H3;1H2. The van der Waals surface area contributed by atoms with Crippen LogP contribution in [-0.4, -0.2) is 12.1 Å². The SMILES string of the molecule is CCOc1ccc(Oc2ccc3c(c2)CCC(c2cc(F)ccc2F)O3)c(N)c1.O. The van der Waals surface area contributed by atoms with E-state index in [0.29, 0.717) is 48.1 Å². The Hall–Kier alpha value is -3.32. The van der Waals surface area contributed by atoms with Crippen LogP contribution < -0.4 is 19.9 Å². The third kappa shape index (κ3) is 4.46. The molecule has 1 aliphatic heterocycles. The van der Waals surface area contributed by atoms with Crippen LogP contribution in [0.25, 0.3) is 0 Å². The van der Waals surface area contributed by atoms with Crippen LogP contribution in [0.1, 0.15) is 30.6 Å². The van der Waals surface area contributed by atoms with E-state index < -0.39 is 17.7 Å². The molecule has 7 heteroatoms. The first-order valence-corrected chi connectivity index (χ1v) is 9.48. The number of fused-ring (bicyclic) bond motifs is 1. The number of rotatable bonds is 5. The minimum atomic E-state index is -0.522. The van der Waals surface area contributed by atoms with Gasteiger partial charge in [0.1, 0.15) is 35.0 Å². The highest BCUT2D eigenvalue weighted by atomic mass is 19.1. The summed E-state index contributed by atoms with van der Waals surface area (Å²) < 4.78 is 44.8. The molecule has 3 aromatic carbocycles. The Kier molecular flexibility index (Phi) is 6.42. The molecule has 158 valence electrons. The number of halogens is 2. The highest BCUT2D eigenvalue weighted by molar-refractivity contribution is 5.58. The molecule has 1 atom stereocenters. The predicted octanol–water partition coefficient (Wildman–Crippen LogP) is 4.98. The second-order valence-corrected chi connectivity index (χ2v) is 6.82. The van der Waals surface area contributed by atoms with Gasteiger partial charge in [-0.2, -0.15) is 0 Å². The first-order valence-electron chi connectivity index (χ1n) is 9.48. The van der Waals surface area contributed by atoms with E-state index in [1.54, 1.807) is 30.3 Å². The summed E-state index contributed by atoms with van der Waals surface area (Å²) >= 11 is 0. The van der Waals surface area contributed by atoms with Gasteiger partial charge in [0.05, 0.1) is 12.3 Å². The highest BCUT2D eigenvalue weighted by Gasteiger charge is 2.24. The summed E-state index contributed by atoms with van der Waals surface area (Å²) in [6, 6.07) is 14.1. The van der Waals surface area contributed by atoms with Crippen molar-refractivity contribution in [3.63, 3.8) is 0 Å². The number of hydrogen-bond donors (Lipinski definition) is 1. The molecule has 3 aromatic rings. The van der Waals surface area contributed by atoms with Crippen molar-refractivity contribution >= 4 is 5.69 Å². The van der Waals surface area contributed by atoms with E-state index in [1.807, 2.05) is 13.0 Å². The molecule has 0 saturated carbocycles. The van der Waals surface area contributed by atoms with Crippen molar-refractivity contribution in [2.45, 2.75) is 25.9 Å². The molecule has 30 heavy (non-hydrogen) atoms. The van der Waals surface area contributed by atoms with E-state index in [0.717, 1.165) is 17.7 Å². The second-order valence-electron chi connectivity index (χ2n) is 6.82. The summed E-state index contributed by atoms with van der Waals surface area (Å²) in [6.45, 7) is 2.47. The summed E-state index contributed by atoms with van der Waals surface area (Å²) in [7, 11) is 0. The van der Waals surface area contributed by atoms with E-state index in [-0.39, 0.29) is 11.0 Å². The van der Waals surface area contributed by atoms with Crippen molar-refractivity contribution < 1.29 is 28.5 Å². The Morgan fingerprint density at radius 1 is 1.03 bits per heavy atom. The molecule has 0 bridgehead atoms. The second kappa shape index (κ2) is 9.00. The molecule has 5 nitrogen and oxygen atoms in total. The lowest BCUT2D eigenvalue weighted by molar-refractivity contribution is 0.171. The zero-order chi connectivity index (χ0) is 20.4. The Labute approximate surface area is 173 Å². The topological polar surface area (TPSA) is 85.2 Å². The third-order valence-corrected chi connectivity index (χ3v) is 4.80. The van der Waals surface area contributed by atoms with Gasteiger partial charge in [-0.25, -0.2) is 8.78 Å². The van der Waals surface area contributed by atoms with Crippen LogP contribution in [0.4, 0.5) is 14.5 Å². The average Bonchev–Trinajstić information content (AvgIpc) is 2.72. The number of benzene rings is 3. The van der Waals surface area contributed by atoms with Crippen LogP contribution in [0.3, 0.4) is 0 Å². The molecule has 4 N–H and O–H groups in total. The molecule has 0 aliphatic carbocycles. The Morgan fingerprint density at radius 2 is 1.83 bits per heavy atom. The highest BCUT2D eigenvalue weighted by Crippen LogP contribution is 2.39. The Morgan fingerprint density at radius 3 is 2.60 bits per heavy atom. The molecule has 0 spiro atoms. The predicted molar refractivity (Wildman–Crippen MR) is 110 cm³/mol. The summed E-state index contributed by atoms with van der Waals surface area (Å²) in [5.74, 6) is 1.53. The smallest absolute Gasteiger partial charge is 0.150 e. The van der Waals surface area contributed by atoms with E-state index in [1.165, 1.54) is 6.07 Å². The summed E-state index contributed by atoms with van der Waals surface area (Å²) in [5.41, 5.74) is 7.71. The summed E-state index contributed by atoms with van der Waals surface area (Å²) in [4.78, 5) is 0. The van der Waals surface area contributed by atoms with Gasteiger partial charge in [0.25, 0.3) is 0 Å². The fourth-order valence-corrected chi connectivity index (χ4v) is 3.41. The van der Waals surface area contributed by atoms with E-state index in [9.17, 15) is 8.78 Å². The van der Waals surface area contributed by atoms with Crippen LogP contribution in [0, 0.1) is 11.6 Å². The van der Waals surface area contributed by atoms with Crippen molar-refractivity contribution in [2.75, 3.05) is 12.3 Å². The lowest BCUT2D eigenvalue weighted by Gasteiger charge is -2.27. The molecule has 0 amide bonds. The number of aryl methyl sites for hydroxylation is 1. The number of anilines is 1. The van der Waals surface area contributed by atoms with Crippen LogP contribution in [0.15, 0.2) is 54.6 Å². The van der Waals surface area contributed by atoms with Gasteiger partial charge in [-0.05, 0) is 73.9 Å². The van der Waals surface area contributed by atoms with Gasteiger partial charge in [-0.1, -0.05) is 0 Å². The summed E-state index contributed by atoms with van der Waals surface area (Å²) in [6.07, 6.45) is 0.681. The van der Waals surface area contributed by atoms with Gasteiger partial charge in [0.15, 0.2) is 5.75 Å². The maximum Gasteiger partial charge on any atom is 0.150 e. The maximum absolute atomic E-state index is 14.1. The maximum atomic E-state index is 14.1. The van der Waals surface area contributed by atoms with E-state index in [2.05, 4.69) is 0 Å². The van der Waals surface area contributed by atoms with Crippen LogP contribution in [0.5, 0.6) is 23.0 Å². The Balaban J connectivity index is 0.00000256. The third-order valence-electron chi connectivity index (χ3n) is 4.80. The van der Waals surface area contributed by atoms with Crippen LogP contribution in [0.2, 0.25) is 0 Å². The molecule has 1 unspecified atom stereocenters. The van der Waals surface area contributed by atoms with Gasteiger partial charge in [0, 0.05) is 11.6 Å². The van der Waals surface area contributed by atoms with E-state index in [4.69, 9.17) is 19.9 Å². The lowest BCUT2D eigenvalue weighted by atomic mass is 9.97. The van der Waals surface area contributed by atoms with Crippen LogP contribution in [-0.2, 0) is 6.42 Å². The quantitative estimate of drug-likeness (QED) is 0.596. The van der Waals surface area contributed by atoms with E-state index >= 15 is 0 Å². The number of nitrogen functional groups attached to an aromatic ring is 1. The van der Waals surface area contributed by atoms with Crippen molar-refractivity contribution in [2.24, 2.45) is 0 Å². The largest absolute Gasteiger partial charge is 0.494 e. The van der Waals surface area contributed by atoms with Crippen molar-refractivity contribution in [3.8, 4) is 23.0 Å². The minimum absolute atomic E-state index is 0. The van der Waals surface area contributed by atoms with Crippen molar-refractivity contribution in [1.82, 2.24) is 0 Å². The van der Waals surface area contributed by atoms with Gasteiger partial charge < -0.3 is 25.4 Å². The number of hydrogen-bond acceptors (Lipinski definition) is 4. The van der Waals surface area contributed by atoms with Crippen LogP contribution >= 0.6 is 0 Å². The minimum Gasteiger partial charge on any atom is -0.494 e. The van der Waals surface area contributed by atoms with Gasteiger partial charge >= 0.3 is 0 Å². The molecule has 1 heterocycles. The molecule has 0 saturated heterocycles. The molecule has 0 fully saturated rings. The lowest BCUT2D eigenvalue weighted by Crippen LogP contribution is -2.16. The Bertz CT molecular complexity index is 1040. The van der Waals surface area contributed by atoms with Gasteiger partial charge in [-0.3, -0.25) is 0 Å². The normalized spacial score (nSPS) is 14.8. The fraction of sp³-hybridized carbons (Fsp3) is 0.217. The zero-order valence-corrected chi connectivity index (χ0v) is 16.5. The molecular formula is C23H23F2NO4. The summed E-state index contributed by atoms with van der Waals surface area (Å²) in [5, 5.41) is 0. The first-order chi connectivity index (χ1) is 14.0.